The number of piperazine rings is 1. The van der Waals surface area contributed by atoms with Gasteiger partial charge in [-0.1, -0.05) is 36.4 Å². The highest BCUT2D eigenvalue weighted by atomic mass is 16.7. The lowest BCUT2D eigenvalue weighted by Gasteiger charge is -2.34. The van der Waals surface area contributed by atoms with Crippen LogP contribution < -0.4 is 4.90 Å². The number of aromatic nitrogens is 1. The lowest BCUT2D eigenvalue weighted by atomic mass is 10.1. The fraction of sp³-hybridized carbons (Fsp3) is 0.389. The summed E-state index contributed by atoms with van der Waals surface area (Å²) in [6.45, 7) is 4.59. The van der Waals surface area contributed by atoms with E-state index in [9.17, 15) is 0 Å². The van der Waals surface area contributed by atoms with Crippen LogP contribution in [-0.2, 0) is 11.3 Å². The van der Waals surface area contributed by atoms with Gasteiger partial charge in [-0.2, -0.15) is 5.06 Å². The molecular formula is C18H23N3O. The van der Waals surface area contributed by atoms with Crippen molar-refractivity contribution in [3.8, 4) is 0 Å². The predicted octanol–water partition coefficient (Wildman–Crippen LogP) is 2.77. The Morgan fingerprint density at radius 2 is 1.68 bits per heavy atom. The largest absolute Gasteiger partial charge is 0.354 e. The maximum atomic E-state index is 5.88. The van der Waals surface area contributed by atoms with E-state index in [-0.39, 0.29) is 0 Å². The third-order valence-corrected chi connectivity index (χ3v) is 3.94. The average molecular weight is 297 g/mol. The Labute approximate surface area is 132 Å². The molecule has 2 heterocycles. The molecule has 1 aromatic carbocycles. The Hall–Kier alpha value is -1.91. The van der Waals surface area contributed by atoms with Crippen molar-refractivity contribution in [2.75, 3.05) is 37.7 Å². The molecule has 0 unspecified atom stereocenters. The molecule has 116 valence electrons. The first-order valence-electron chi connectivity index (χ1n) is 7.99. The van der Waals surface area contributed by atoms with Crippen LogP contribution in [0.5, 0.6) is 0 Å². The second kappa shape index (κ2) is 7.92. The van der Waals surface area contributed by atoms with Crippen molar-refractivity contribution in [3.63, 3.8) is 0 Å². The van der Waals surface area contributed by atoms with Gasteiger partial charge in [0.2, 0.25) is 0 Å². The normalized spacial score (nSPS) is 15.9. The molecule has 1 fully saturated rings. The number of pyridine rings is 1. The number of aryl methyl sites for hydroxylation is 1. The Kier molecular flexibility index (Phi) is 5.40. The van der Waals surface area contributed by atoms with Crippen molar-refractivity contribution in [2.24, 2.45) is 0 Å². The molecule has 0 saturated carbocycles. The number of rotatable bonds is 6. The first kappa shape index (κ1) is 15.0. The van der Waals surface area contributed by atoms with Crippen molar-refractivity contribution in [3.05, 3.63) is 60.3 Å². The molecule has 0 N–H and O–H groups in total. The van der Waals surface area contributed by atoms with Crippen LogP contribution in [0.2, 0.25) is 0 Å². The van der Waals surface area contributed by atoms with Gasteiger partial charge in [0.25, 0.3) is 0 Å². The van der Waals surface area contributed by atoms with Crippen LogP contribution in [0.1, 0.15) is 12.0 Å². The minimum absolute atomic E-state index is 0.790. The van der Waals surface area contributed by atoms with E-state index in [0.29, 0.717) is 0 Å². The number of nitrogens with zero attached hydrogens (tertiary/aromatic N) is 3. The number of hydrogen-bond donors (Lipinski definition) is 0. The van der Waals surface area contributed by atoms with Gasteiger partial charge in [0.1, 0.15) is 5.82 Å². The highest BCUT2D eigenvalue weighted by molar-refractivity contribution is 5.38. The SMILES string of the molecule is c1ccc(CCCON2CCN(c3ccccn3)CC2)cc1. The Balaban J connectivity index is 1.34. The van der Waals surface area contributed by atoms with Gasteiger partial charge in [0.15, 0.2) is 0 Å². The molecule has 1 saturated heterocycles. The summed E-state index contributed by atoms with van der Waals surface area (Å²) in [6.07, 6.45) is 3.99. The number of anilines is 1. The van der Waals surface area contributed by atoms with Gasteiger partial charge in [-0.3, -0.25) is 4.84 Å². The van der Waals surface area contributed by atoms with Crippen LogP contribution in [0.4, 0.5) is 5.82 Å². The van der Waals surface area contributed by atoms with Crippen molar-refractivity contribution in [2.45, 2.75) is 12.8 Å². The van der Waals surface area contributed by atoms with Crippen molar-refractivity contribution in [1.29, 1.82) is 0 Å². The van der Waals surface area contributed by atoms with Crippen LogP contribution in [0, 0.1) is 0 Å². The quantitative estimate of drug-likeness (QED) is 0.767. The van der Waals surface area contributed by atoms with Crippen LogP contribution >= 0.6 is 0 Å². The summed E-state index contributed by atoms with van der Waals surface area (Å²) >= 11 is 0. The highest BCUT2D eigenvalue weighted by Crippen LogP contribution is 2.12. The Morgan fingerprint density at radius 3 is 2.41 bits per heavy atom. The van der Waals surface area contributed by atoms with Gasteiger partial charge in [0.05, 0.1) is 6.61 Å². The number of benzene rings is 1. The van der Waals surface area contributed by atoms with Gasteiger partial charge >= 0.3 is 0 Å². The monoisotopic (exact) mass is 297 g/mol. The summed E-state index contributed by atoms with van der Waals surface area (Å²) < 4.78 is 0. The predicted molar refractivity (Wildman–Crippen MR) is 88.7 cm³/mol. The van der Waals surface area contributed by atoms with Gasteiger partial charge < -0.3 is 4.90 Å². The Bertz CT molecular complexity index is 539. The fourth-order valence-electron chi connectivity index (χ4n) is 2.70. The second-order valence-corrected chi connectivity index (χ2v) is 5.53. The Morgan fingerprint density at radius 1 is 0.909 bits per heavy atom. The smallest absolute Gasteiger partial charge is 0.128 e. The molecule has 1 aromatic heterocycles. The van der Waals surface area contributed by atoms with Gasteiger partial charge in [-0.25, -0.2) is 4.98 Å². The molecule has 4 heteroatoms. The van der Waals surface area contributed by atoms with Gasteiger partial charge in [0, 0.05) is 32.4 Å². The number of hydrogen-bond acceptors (Lipinski definition) is 4. The fourth-order valence-corrected chi connectivity index (χ4v) is 2.70. The maximum Gasteiger partial charge on any atom is 0.128 e. The summed E-state index contributed by atoms with van der Waals surface area (Å²) in [5.74, 6) is 1.06. The molecule has 0 radical (unpaired) electrons. The molecule has 1 aliphatic rings. The molecule has 0 amide bonds. The summed E-state index contributed by atoms with van der Waals surface area (Å²) in [6, 6.07) is 16.6. The molecule has 0 bridgehead atoms. The topological polar surface area (TPSA) is 28.6 Å². The third-order valence-electron chi connectivity index (χ3n) is 3.94. The van der Waals surface area contributed by atoms with E-state index in [2.05, 4.69) is 51.3 Å². The van der Waals surface area contributed by atoms with E-state index in [4.69, 9.17) is 4.84 Å². The first-order chi connectivity index (χ1) is 10.9. The maximum absolute atomic E-state index is 5.88. The van der Waals surface area contributed by atoms with E-state index >= 15 is 0 Å². The van der Waals surface area contributed by atoms with Crippen molar-refractivity contribution in [1.82, 2.24) is 10.0 Å². The van der Waals surface area contributed by atoms with E-state index in [1.54, 1.807) is 0 Å². The molecule has 0 aliphatic carbocycles. The summed E-state index contributed by atoms with van der Waals surface area (Å²) in [4.78, 5) is 12.6. The van der Waals surface area contributed by atoms with E-state index < -0.39 is 0 Å². The molecule has 1 aliphatic heterocycles. The van der Waals surface area contributed by atoms with E-state index in [1.165, 1.54) is 5.56 Å². The molecule has 0 atom stereocenters. The molecular weight excluding hydrogens is 274 g/mol. The zero-order valence-corrected chi connectivity index (χ0v) is 12.9. The van der Waals surface area contributed by atoms with Crippen LogP contribution in [0.15, 0.2) is 54.7 Å². The number of hydroxylamine groups is 2. The summed E-state index contributed by atoms with van der Waals surface area (Å²) in [5.41, 5.74) is 1.38. The van der Waals surface area contributed by atoms with E-state index in [0.717, 1.165) is 51.4 Å². The lowest BCUT2D eigenvalue weighted by Crippen LogP contribution is -2.46. The molecule has 0 spiro atoms. The minimum atomic E-state index is 0.790. The molecule has 4 nitrogen and oxygen atoms in total. The van der Waals surface area contributed by atoms with Crippen molar-refractivity contribution >= 4 is 5.82 Å². The zero-order chi connectivity index (χ0) is 15.0. The van der Waals surface area contributed by atoms with Crippen LogP contribution in [0.3, 0.4) is 0 Å². The van der Waals surface area contributed by atoms with Crippen LogP contribution in [-0.4, -0.2) is 42.8 Å². The average Bonchev–Trinajstić information content (AvgIpc) is 2.61. The van der Waals surface area contributed by atoms with Gasteiger partial charge in [-0.15, -0.1) is 0 Å². The molecule has 22 heavy (non-hydrogen) atoms. The third kappa shape index (κ3) is 4.29. The summed E-state index contributed by atoms with van der Waals surface area (Å²) in [7, 11) is 0. The minimum Gasteiger partial charge on any atom is -0.354 e. The highest BCUT2D eigenvalue weighted by Gasteiger charge is 2.17. The van der Waals surface area contributed by atoms with Crippen LogP contribution in [0.25, 0.3) is 0 Å². The van der Waals surface area contributed by atoms with Crippen molar-refractivity contribution < 1.29 is 4.84 Å². The standard InChI is InChI=1S/C18H23N3O/c1-2-7-17(8-3-1)9-6-16-22-21-14-12-20(13-15-21)18-10-4-5-11-19-18/h1-5,7-8,10-11H,6,9,12-16H2. The molecule has 3 rings (SSSR count). The zero-order valence-electron chi connectivity index (χ0n) is 12.9. The first-order valence-corrected chi connectivity index (χ1v) is 7.99. The summed E-state index contributed by atoms with van der Waals surface area (Å²) in [5, 5.41) is 2.09. The van der Waals surface area contributed by atoms with E-state index in [1.807, 2.05) is 18.3 Å². The molecule has 2 aromatic rings. The lowest BCUT2D eigenvalue weighted by molar-refractivity contribution is -0.161. The van der Waals surface area contributed by atoms with Gasteiger partial charge in [-0.05, 0) is 30.5 Å². The second-order valence-electron chi connectivity index (χ2n) is 5.53.